The molecule has 3 aromatic heterocycles. The number of fused-ring (bicyclic) bond motifs is 3. The Kier molecular flexibility index (Phi) is 1.19. The van der Waals surface area contributed by atoms with Crippen molar-refractivity contribution in [1.82, 2.24) is 9.38 Å². The van der Waals surface area contributed by atoms with E-state index in [1.165, 1.54) is 0 Å². The van der Waals surface area contributed by atoms with Gasteiger partial charge in [-0.3, -0.25) is 4.79 Å². The molecule has 64 valence electrons. The van der Waals surface area contributed by atoms with Gasteiger partial charge >= 0.3 is 0 Å². The molecule has 0 aliphatic rings. The lowest BCUT2D eigenvalue weighted by atomic mass is 10.5. The Morgan fingerprint density at radius 1 is 1.31 bits per heavy atom. The van der Waals surface area contributed by atoms with Crippen LogP contribution in [-0.2, 0) is 0 Å². The van der Waals surface area contributed by atoms with Gasteiger partial charge in [-0.05, 0) is 23.6 Å². The SMILES string of the molecule is O=c1[nH]c2sccc2n2cccc12. The van der Waals surface area contributed by atoms with Crippen LogP contribution >= 0.6 is 11.3 Å². The summed E-state index contributed by atoms with van der Waals surface area (Å²) in [5.41, 5.74) is 1.73. The lowest BCUT2D eigenvalue weighted by Gasteiger charge is -1.95. The van der Waals surface area contributed by atoms with Crippen molar-refractivity contribution in [2.75, 3.05) is 0 Å². The lowest BCUT2D eigenvalue weighted by Crippen LogP contribution is -2.07. The van der Waals surface area contributed by atoms with Gasteiger partial charge in [0.25, 0.3) is 5.56 Å². The molecule has 0 bridgehead atoms. The molecule has 0 aliphatic carbocycles. The average Bonchev–Trinajstić information content (AvgIpc) is 2.66. The van der Waals surface area contributed by atoms with Crippen LogP contribution in [0.3, 0.4) is 0 Å². The molecule has 0 radical (unpaired) electrons. The molecule has 0 unspecified atom stereocenters. The molecule has 0 fully saturated rings. The second-order valence-corrected chi connectivity index (χ2v) is 3.77. The maximum atomic E-state index is 11.5. The van der Waals surface area contributed by atoms with Gasteiger partial charge in [0.2, 0.25) is 0 Å². The highest BCUT2D eigenvalue weighted by Gasteiger charge is 2.03. The number of hydrogen-bond acceptors (Lipinski definition) is 2. The number of aromatic nitrogens is 2. The first-order valence-electron chi connectivity index (χ1n) is 3.93. The average molecular weight is 190 g/mol. The van der Waals surface area contributed by atoms with Crippen molar-refractivity contribution in [3.8, 4) is 0 Å². The lowest BCUT2D eigenvalue weighted by molar-refractivity contribution is 1.20. The van der Waals surface area contributed by atoms with Crippen molar-refractivity contribution in [1.29, 1.82) is 0 Å². The molecule has 0 aliphatic heterocycles. The van der Waals surface area contributed by atoms with Crippen LogP contribution in [0.4, 0.5) is 0 Å². The number of H-pyrrole nitrogens is 1. The van der Waals surface area contributed by atoms with E-state index >= 15 is 0 Å². The monoisotopic (exact) mass is 190 g/mol. The number of nitrogens with zero attached hydrogens (tertiary/aromatic N) is 1. The summed E-state index contributed by atoms with van der Waals surface area (Å²) in [5.74, 6) is 0. The molecule has 0 amide bonds. The maximum Gasteiger partial charge on any atom is 0.273 e. The Labute approximate surface area is 77.3 Å². The zero-order chi connectivity index (χ0) is 8.84. The molecule has 0 atom stereocenters. The summed E-state index contributed by atoms with van der Waals surface area (Å²) in [4.78, 5) is 15.2. The first-order chi connectivity index (χ1) is 6.36. The molecule has 3 nitrogen and oxygen atoms in total. The van der Waals surface area contributed by atoms with Crippen LogP contribution in [-0.4, -0.2) is 9.38 Å². The van der Waals surface area contributed by atoms with E-state index in [4.69, 9.17) is 0 Å². The van der Waals surface area contributed by atoms with Gasteiger partial charge in [0.1, 0.15) is 10.3 Å². The van der Waals surface area contributed by atoms with Gasteiger partial charge in [-0.1, -0.05) is 0 Å². The highest BCUT2D eigenvalue weighted by molar-refractivity contribution is 7.16. The van der Waals surface area contributed by atoms with Crippen LogP contribution in [0.5, 0.6) is 0 Å². The summed E-state index contributed by atoms with van der Waals surface area (Å²) in [6.45, 7) is 0. The van der Waals surface area contributed by atoms with Crippen LogP contribution in [0.2, 0.25) is 0 Å². The van der Waals surface area contributed by atoms with E-state index in [9.17, 15) is 4.79 Å². The van der Waals surface area contributed by atoms with Gasteiger partial charge in [-0.2, -0.15) is 0 Å². The van der Waals surface area contributed by atoms with Gasteiger partial charge < -0.3 is 9.38 Å². The molecule has 3 rings (SSSR count). The summed E-state index contributed by atoms with van der Waals surface area (Å²) in [6, 6.07) is 5.70. The van der Waals surface area contributed by atoms with Crippen LogP contribution in [0.15, 0.2) is 34.6 Å². The van der Waals surface area contributed by atoms with Crippen LogP contribution in [0.25, 0.3) is 15.9 Å². The van der Waals surface area contributed by atoms with Crippen molar-refractivity contribution >= 4 is 27.2 Å². The third-order valence-corrected chi connectivity index (χ3v) is 2.93. The largest absolute Gasteiger partial charge is 0.311 e. The molecule has 0 spiro atoms. The Morgan fingerprint density at radius 3 is 3.15 bits per heavy atom. The van der Waals surface area contributed by atoms with Crippen LogP contribution in [0.1, 0.15) is 0 Å². The van der Waals surface area contributed by atoms with E-state index in [1.807, 2.05) is 34.2 Å². The Bertz CT molecular complexity index is 631. The number of rotatable bonds is 0. The van der Waals surface area contributed by atoms with Crippen molar-refractivity contribution < 1.29 is 0 Å². The molecular weight excluding hydrogens is 184 g/mol. The van der Waals surface area contributed by atoms with Gasteiger partial charge in [0, 0.05) is 6.20 Å². The predicted molar refractivity (Wildman–Crippen MR) is 53.4 cm³/mol. The van der Waals surface area contributed by atoms with Gasteiger partial charge in [0.15, 0.2) is 0 Å². The van der Waals surface area contributed by atoms with E-state index in [0.717, 1.165) is 10.3 Å². The summed E-state index contributed by atoms with van der Waals surface area (Å²) in [6.07, 6.45) is 1.90. The Hall–Kier alpha value is -1.55. The molecule has 3 aromatic rings. The van der Waals surface area contributed by atoms with E-state index in [2.05, 4.69) is 4.98 Å². The minimum Gasteiger partial charge on any atom is -0.311 e. The molecule has 3 heterocycles. The summed E-state index contributed by atoms with van der Waals surface area (Å²) < 4.78 is 1.91. The molecule has 13 heavy (non-hydrogen) atoms. The van der Waals surface area contributed by atoms with Gasteiger partial charge in [-0.15, -0.1) is 11.3 Å². The fraction of sp³-hybridized carbons (Fsp3) is 0. The third kappa shape index (κ3) is 0.805. The topological polar surface area (TPSA) is 37.3 Å². The number of hydrogen-bond donors (Lipinski definition) is 1. The summed E-state index contributed by atoms with van der Waals surface area (Å²) >= 11 is 1.54. The normalized spacial score (nSPS) is 11.4. The zero-order valence-electron chi connectivity index (χ0n) is 6.65. The quantitative estimate of drug-likeness (QED) is 0.577. The molecule has 1 N–H and O–H groups in total. The van der Waals surface area contributed by atoms with Crippen LogP contribution in [0, 0.1) is 0 Å². The predicted octanol–water partition coefficient (Wildman–Crippen LogP) is 1.84. The minimum atomic E-state index is -0.0278. The third-order valence-electron chi connectivity index (χ3n) is 2.11. The van der Waals surface area contributed by atoms with Crippen molar-refractivity contribution in [3.05, 3.63) is 40.1 Å². The fourth-order valence-corrected chi connectivity index (χ4v) is 2.30. The first-order valence-corrected chi connectivity index (χ1v) is 4.81. The molecule has 4 heteroatoms. The van der Waals surface area contributed by atoms with Crippen molar-refractivity contribution in [2.45, 2.75) is 0 Å². The highest BCUT2D eigenvalue weighted by Crippen LogP contribution is 2.17. The Balaban J connectivity index is 2.79. The molecule has 0 saturated heterocycles. The van der Waals surface area contributed by atoms with Crippen molar-refractivity contribution in [2.24, 2.45) is 0 Å². The standard InChI is InChI=1S/C9H6N2OS/c12-8-6-2-1-4-11(6)7-3-5-13-9(7)10-8/h1-5H,(H,10,12). The summed E-state index contributed by atoms with van der Waals surface area (Å²) in [5, 5.41) is 1.97. The number of nitrogens with one attached hydrogen (secondary N) is 1. The van der Waals surface area contributed by atoms with Gasteiger partial charge in [0.05, 0.1) is 5.52 Å². The van der Waals surface area contributed by atoms with Crippen molar-refractivity contribution in [3.63, 3.8) is 0 Å². The molecule has 0 saturated carbocycles. The van der Waals surface area contributed by atoms with E-state index < -0.39 is 0 Å². The second-order valence-electron chi connectivity index (χ2n) is 2.85. The number of thiophene rings is 1. The summed E-state index contributed by atoms with van der Waals surface area (Å²) in [7, 11) is 0. The van der Waals surface area contributed by atoms with Gasteiger partial charge in [-0.25, -0.2) is 0 Å². The molecular formula is C9H6N2OS. The van der Waals surface area contributed by atoms with E-state index in [0.29, 0.717) is 5.52 Å². The van der Waals surface area contributed by atoms with E-state index in [1.54, 1.807) is 11.3 Å². The van der Waals surface area contributed by atoms with Crippen LogP contribution < -0.4 is 5.56 Å². The smallest absolute Gasteiger partial charge is 0.273 e. The maximum absolute atomic E-state index is 11.5. The highest BCUT2D eigenvalue weighted by atomic mass is 32.1. The van der Waals surface area contributed by atoms with E-state index in [-0.39, 0.29) is 5.56 Å². The molecule has 0 aromatic carbocycles. The fourth-order valence-electron chi connectivity index (χ4n) is 1.53. The zero-order valence-corrected chi connectivity index (χ0v) is 7.47. The Morgan fingerprint density at radius 2 is 2.23 bits per heavy atom. The minimum absolute atomic E-state index is 0.0278. The number of aromatic amines is 1. The first kappa shape index (κ1) is 6.91. The second kappa shape index (κ2) is 2.23.